The molecule has 1 amide bonds. The quantitative estimate of drug-likeness (QED) is 0.552. The Morgan fingerprint density at radius 1 is 1.28 bits per heavy atom. The van der Waals surface area contributed by atoms with E-state index in [-0.39, 0.29) is 5.91 Å². The minimum Gasteiger partial charge on any atom is -0.461 e. The van der Waals surface area contributed by atoms with Crippen LogP contribution in [0.15, 0.2) is 53.0 Å². The van der Waals surface area contributed by atoms with Gasteiger partial charge in [0.05, 0.1) is 6.61 Å². The second-order valence-electron chi connectivity index (χ2n) is 6.58. The number of hydrogen-bond acceptors (Lipinski definition) is 3. The van der Waals surface area contributed by atoms with E-state index in [4.69, 9.17) is 9.15 Å². The molecular formula is C21H25NO3. The predicted molar refractivity (Wildman–Crippen MR) is 98.0 cm³/mol. The van der Waals surface area contributed by atoms with Gasteiger partial charge in [-0.15, -0.1) is 0 Å². The van der Waals surface area contributed by atoms with Gasteiger partial charge in [0, 0.05) is 25.1 Å². The maximum Gasteiger partial charge on any atom is 0.244 e. The summed E-state index contributed by atoms with van der Waals surface area (Å²) in [7, 11) is 0. The van der Waals surface area contributed by atoms with Gasteiger partial charge < -0.3 is 14.5 Å². The second-order valence-corrected chi connectivity index (χ2v) is 6.58. The highest BCUT2D eigenvalue weighted by Gasteiger charge is 2.36. The number of ether oxygens (including phenoxy) is 1. The van der Waals surface area contributed by atoms with Gasteiger partial charge in [-0.3, -0.25) is 4.79 Å². The van der Waals surface area contributed by atoms with E-state index in [1.807, 2.05) is 42.5 Å². The zero-order chi connectivity index (χ0) is 17.5. The summed E-state index contributed by atoms with van der Waals surface area (Å²) in [5, 5.41) is 2.85. The highest BCUT2D eigenvalue weighted by Crippen LogP contribution is 2.47. The van der Waals surface area contributed by atoms with Crippen molar-refractivity contribution in [2.24, 2.45) is 5.92 Å². The lowest BCUT2D eigenvalue weighted by atomic mass is 10.2. The van der Waals surface area contributed by atoms with Crippen molar-refractivity contribution >= 4 is 12.0 Å². The maximum atomic E-state index is 11.8. The number of carbonyl (C=O) groups excluding carboxylic acids is 1. The Morgan fingerprint density at radius 2 is 2.08 bits per heavy atom. The molecule has 132 valence electrons. The molecular weight excluding hydrogens is 314 g/mol. The minimum atomic E-state index is -0.110. The Kier molecular flexibility index (Phi) is 6.07. The van der Waals surface area contributed by atoms with Crippen molar-refractivity contribution in [1.29, 1.82) is 0 Å². The van der Waals surface area contributed by atoms with Crippen molar-refractivity contribution in [3.63, 3.8) is 0 Å². The van der Waals surface area contributed by atoms with Crippen LogP contribution in [-0.2, 0) is 16.1 Å². The minimum absolute atomic E-state index is 0.110. The van der Waals surface area contributed by atoms with Crippen LogP contribution >= 0.6 is 0 Å². The molecule has 1 N–H and O–H groups in total. The number of amides is 1. The molecule has 1 heterocycles. The first kappa shape index (κ1) is 17.5. The lowest BCUT2D eigenvalue weighted by Crippen LogP contribution is -2.23. The fourth-order valence-corrected chi connectivity index (χ4v) is 2.74. The van der Waals surface area contributed by atoms with Crippen LogP contribution in [0.4, 0.5) is 0 Å². The van der Waals surface area contributed by atoms with E-state index < -0.39 is 0 Å². The third kappa shape index (κ3) is 5.61. The summed E-state index contributed by atoms with van der Waals surface area (Å²) in [4.78, 5) is 11.8. The highest BCUT2D eigenvalue weighted by molar-refractivity contribution is 5.91. The van der Waals surface area contributed by atoms with Crippen LogP contribution in [0, 0.1) is 5.92 Å². The maximum absolute atomic E-state index is 11.8. The summed E-state index contributed by atoms with van der Waals surface area (Å²) < 4.78 is 11.3. The zero-order valence-corrected chi connectivity index (χ0v) is 14.6. The fourth-order valence-electron chi connectivity index (χ4n) is 2.74. The molecule has 0 unspecified atom stereocenters. The molecule has 1 aliphatic carbocycles. The summed E-state index contributed by atoms with van der Waals surface area (Å²) in [5.41, 5.74) is 1.16. The van der Waals surface area contributed by atoms with Gasteiger partial charge in [-0.05, 0) is 42.5 Å². The van der Waals surface area contributed by atoms with Gasteiger partial charge in [0.2, 0.25) is 5.91 Å². The van der Waals surface area contributed by atoms with E-state index in [0.717, 1.165) is 29.4 Å². The predicted octanol–water partition coefficient (Wildman–Crippen LogP) is 4.14. The molecule has 2 atom stereocenters. The Labute approximate surface area is 148 Å². The van der Waals surface area contributed by atoms with Crippen LogP contribution in [0.2, 0.25) is 0 Å². The average Bonchev–Trinajstić information content (AvgIpc) is 3.17. The monoisotopic (exact) mass is 339 g/mol. The Balaban J connectivity index is 1.28. The van der Waals surface area contributed by atoms with Gasteiger partial charge in [-0.2, -0.15) is 0 Å². The lowest BCUT2D eigenvalue weighted by molar-refractivity contribution is -0.116. The summed E-state index contributed by atoms with van der Waals surface area (Å²) >= 11 is 0. The summed E-state index contributed by atoms with van der Waals surface area (Å²) in [5.74, 6) is 2.93. The number of carbonyl (C=O) groups is 1. The number of furan rings is 1. The molecule has 4 heteroatoms. The molecule has 0 bridgehead atoms. The molecule has 2 aromatic rings. The molecule has 3 rings (SSSR count). The number of benzene rings is 1. The first-order chi connectivity index (χ1) is 12.2. The van der Waals surface area contributed by atoms with Gasteiger partial charge >= 0.3 is 0 Å². The van der Waals surface area contributed by atoms with Crippen molar-refractivity contribution in [3.8, 4) is 0 Å². The molecule has 0 aliphatic heterocycles. The molecule has 0 saturated heterocycles. The molecule has 1 aromatic carbocycles. The highest BCUT2D eigenvalue weighted by atomic mass is 16.5. The summed E-state index contributed by atoms with van der Waals surface area (Å²) in [6.45, 7) is 4.05. The van der Waals surface area contributed by atoms with Crippen molar-refractivity contribution in [1.82, 2.24) is 5.32 Å². The normalized spacial score (nSPS) is 19.2. The third-order valence-electron chi connectivity index (χ3n) is 4.40. The number of nitrogens with one attached hydrogen (secondary N) is 1. The first-order valence-electron chi connectivity index (χ1n) is 8.89. The van der Waals surface area contributed by atoms with Gasteiger partial charge in [0.1, 0.15) is 11.5 Å². The van der Waals surface area contributed by atoms with Crippen LogP contribution in [0.5, 0.6) is 0 Å². The Hall–Kier alpha value is -2.33. The summed E-state index contributed by atoms with van der Waals surface area (Å²) in [6, 6.07) is 14.0. The second kappa shape index (κ2) is 8.67. The number of hydrogen-bond donors (Lipinski definition) is 1. The average molecular weight is 339 g/mol. The molecule has 1 aromatic heterocycles. The molecule has 4 nitrogen and oxygen atoms in total. The topological polar surface area (TPSA) is 51.5 Å². The van der Waals surface area contributed by atoms with Gasteiger partial charge in [0.15, 0.2) is 0 Å². The Bertz CT molecular complexity index is 705. The van der Waals surface area contributed by atoms with E-state index >= 15 is 0 Å². The first-order valence-corrected chi connectivity index (χ1v) is 8.89. The zero-order valence-electron chi connectivity index (χ0n) is 14.6. The van der Waals surface area contributed by atoms with E-state index in [1.54, 1.807) is 6.08 Å². The molecule has 1 aliphatic rings. The summed E-state index contributed by atoms with van der Waals surface area (Å²) in [6.07, 6.45) is 5.22. The van der Waals surface area contributed by atoms with Gasteiger partial charge in [0.25, 0.3) is 0 Å². The fraction of sp³-hybridized carbons (Fsp3) is 0.381. The molecule has 25 heavy (non-hydrogen) atoms. The van der Waals surface area contributed by atoms with E-state index in [2.05, 4.69) is 12.2 Å². The van der Waals surface area contributed by atoms with E-state index in [9.17, 15) is 4.79 Å². The smallest absolute Gasteiger partial charge is 0.244 e. The van der Waals surface area contributed by atoms with Crippen LogP contribution in [-0.4, -0.2) is 19.1 Å². The largest absolute Gasteiger partial charge is 0.461 e. The third-order valence-corrected chi connectivity index (χ3v) is 4.40. The van der Waals surface area contributed by atoms with Crippen LogP contribution in [0.3, 0.4) is 0 Å². The van der Waals surface area contributed by atoms with Crippen molar-refractivity contribution in [3.05, 3.63) is 65.6 Å². The van der Waals surface area contributed by atoms with Gasteiger partial charge in [-0.25, -0.2) is 0 Å². The Morgan fingerprint density at radius 3 is 2.84 bits per heavy atom. The van der Waals surface area contributed by atoms with E-state index in [1.165, 1.54) is 12.5 Å². The number of rotatable bonds is 9. The van der Waals surface area contributed by atoms with Crippen LogP contribution in [0.1, 0.15) is 42.8 Å². The van der Waals surface area contributed by atoms with Crippen LogP contribution < -0.4 is 5.32 Å². The van der Waals surface area contributed by atoms with Crippen LogP contribution in [0.25, 0.3) is 6.08 Å². The SMILES string of the molecule is C[C@H]1C[C@H]1c1ccc(/C=C/C(=O)NCCCOCc2ccccc2)o1. The van der Waals surface area contributed by atoms with Crippen molar-refractivity contribution in [2.45, 2.75) is 32.3 Å². The lowest BCUT2D eigenvalue weighted by Gasteiger charge is -2.05. The van der Waals surface area contributed by atoms with Gasteiger partial charge in [-0.1, -0.05) is 37.3 Å². The molecule has 1 saturated carbocycles. The standard InChI is InChI=1S/C21H25NO3/c1-16-14-19(16)20-10-8-18(25-20)9-11-21(23)22-12-5-13-24-15-17-6-3-2-4-7-17/h2-4,6-11,16,19H,5,12-15H2,1H3,(H,22,23)/b11-9+/t16-,19+/m0/s1. The molecule has 0 spiro atoms. The van der Waals surface area contributed by atoms with Crippen molar-refractivity contribution < 1.29 is 13.9 Å². The van der Waals surface area contributed by atoms with Crippen molar-refractivity contribution in [2.75, 3.05) is 13.2 Å². The molecule has 0 radical (unpaired) electrons. The van der Waals surface area contributed by atoms with E-state index in [0.29, 0.717) is 25.7 Å². The molecule has 1 fully saturated rings.